The molecule has 1 fully saturated rings. The van der Waals surface area contributed by atoms with Gasteiger partial charge < -0.3 is 21.0 Å². The average Bonchev–Trinajstić information content (AvgIpc) is 2.55. The summed E-state index contributed by atoms with van der Waals surface area (Å²) in [6, 6.07) is 10.6. The Morgan fingerprint density at radius 2 is 2.05 bits per heavy atom. The van der Waals surface area contributed by atoms with Crippen molar-refractivity contribution in [3.8, 4) is 0 Å². The largest absolute Gasteiger partial charge is 0.409 e. The van der Waals surface area contributed by atoms with Gasteiger partial charge in [0, 0.05) is 31.7 Å². The fraction of sp³-hybridized carbons (Fsp3) is 0.562. The van der Waals surface area contributed by atoms with Crippen LogP contribution in [0, 0.1) is 5.92 Å². The molecule has 21 heavy (non-hydrogen) atoms. The summed E-state index contributed by atoms with van der Waals surface area (Å²) in [7, 11) is 0. The van der Waals surface area contributed by atoms with Gasteiger partial charge in [0.05, 0.1) is 0 Å². The summed E-state index contributed by atoms with van der Waals surface area (Å²) < 4.78 is 5.42. The number of hydrogen-bond donors (Lipinski definition) is 3. The lowest BCUT2D eigenvalue weighted by Gasteiger charge is -2.32. The standard InChI is InChI=1S/C16H25N3O2/c1-12(13-7-9-21-10-8-13)18-15(11-16(17)19-20)14-5-3-2-4-6-14/h2-6,12-13,15,18,20H,7-11H2,1H3,(H2,17,19). The predicted octanol–water partition coefficient (Wildman–Crippen LogP) is 2.27. The monoisotopic (exact) mass is 291 g/mol. The van der Waals surface area contributed by atoms with Gasteiger partial charge in [-0.25, -0.2) is 0 Å². The number of nitrogens with two attached hydrogens (primary N) is 1. The number of nitrogens with one attached hydrogen (secondary N) is 1. The molecule has 0 aromatic heterocycles. The van der Waals surface area contributed by atoms with Crippen LogP contribution in [0.2, 0.25) is 0 Å². The molecule has 1 aliphatic rings. The lowest BCUT2D eigenvalue weighted by Crippen LogP contribution is -2.40. The Balaban J connectivity index is 2.04. The van der Waals surface area contributed by atoms with E-state index in [2.05, 4.69) is 29.5 Å². The van der Waals surface area contributed by atoms with E-state index in [-0.39, 0.29) is 11.9 Å². The molecule has 0 bridgehead atoms. The molecule has 1 aliphatic heterocycles. The van der Waals surface area contributed by atoms with Gasteiger partial charge in [0.1, 0.15) is 5.84 Å². The second-order valence-corrected chi connectivity index (χ2v) is 5.66. The highest BCUT2D eigenvalue weighted by Crippen LogP contribution is 2.23. The van der Waals surface area contributed by atoms with Gasteiger partial charge in [-0.2, -0.15) is 0 Å². The maximum Gasteiger partial charge on any atom is 0.141 e. The maximum absolute atomic E-state index is 8.83. The third-order valence-electron chi connectivity index (χ3n) is 4.18. The topological polar surface area (TPSA) is 79.9 Å². The first-order valence-electron chi connectivity index (χ1n) is 7.56. The fourth-order valence-corrected chi connectivity index (χ4v) is 2.88. The van der Waals surface area contributed by atoms with Crippen LogP contribution in [0.1, 0.15) is 37.8 Å². The highest BCUT2D eigenvalue weighted by molar-refractivity contribution is 5.80. The van der Waals surface area contributed by atoms with E-state index in [4.69, 9.17) is 15.7 Å². The first-order valence-corrected chi connectivity index (χ1v) is 7.56. The Kier molecular flexibility index (Phi) is 6.02. The number of nitrogens with zero attached hydrogens (tertiary/aromatic N) is 1. The van der Waals surface area contributed by atoms with Crippen molar-refractivity contribution in [2.75, 3.05) is 13.2 Å². The van der Waals surface area contributed by atoms with Crippen molar-refractivity contribution in [3.63, 3.8) is 0 Å². The Hall–Kier alpha value is -1.59. The van der Waals surface area contributed by atoms with Crippen LogP contribution in [-0.2, 0) is 4.74 Å². The van der Waals surface area contributed by atoms with Crippen LogP contribution >= 0.6 is 0 Å². The molecule has 0 saturated carbocycles. The number of oxime groups is 1. The number of amidine groups is 1. The zero-order valence-corrected chi connectivity index (χ0v) is 12.5. The van der Waals surface area contributed by atoms with E-state index < -0.39 is 0 Å². The Labute approximate surface area is 126 Å². The molecule has 1 saturated heterocycles. The molecule has 116 valence electrons. The van der Waals surface area contributed by atoms with Crippen molar-refractivity contribution >= 4 is 5.84 Å². The highest BCUT2D eigenvalue weighted by atomic mass is 16.5. The van der Waals surface area contributed by atoms with Crippen LogP contribution in [-0.4, -0.2) is 30.3 Å². The first-order chi connectivity index (χ1) is 10.2. The Bertz CT molecular complexity index is 444. The van der Waals surface area contributed by atoms with Crippen LogP contribution in [0.5, 0.6) is 0 Å². The van der Waals surface area contributed by atoms with E-state index >= 15 is 0 Å². The summed E-state index contributed by atoms with van der Waals surface area (Å²) in [5.41, 5.74) is 6.86. The Morgan fingerprint density at radius 1 is 1.38 bits per heavy atom. The molecule has 5 nitrogen and oxygen atoms in total. The van der Waals surface area contributed by atoms with Gasteiger partial charge in [-0.1, -0.05) is 35.5 Å². The minimum absolute atomic E-state index is 0.0555. The zero-order valence-electron chi connectivity index (χ0n) is 12.5. The zero-order chi connectivity index (χ0) is 15.1. The normalized spacial score (nSPS) is 20.1. The van der Waals surface area contributed by atoms with Crippen LogP contribution in [0.15, 0.2) is 35.5 Å². The van der Waals surface area contributed by atoms with Crippen LogP contribution < -0.4 is 11.1 Å². The molecule has 2 unspecified atom stereocenters. The van der Waals surface area contributed by atoms with E-state index in [1.807, 2.05) is 18.2 Å². The van der Waals surface area contributed by atoms with Gasteiger partial charge in [-0.3, -0.25) is 0 Å². The molecule has 2 atom stereocenters. The second-order valence-electron chi connectivity index (χ2n) is 5.66. The lowest BCUT2D eigenvalue weighted by atomic mass is 9.91. The van der Waals surface area contributed by atoms with E-state index in [9.17, 15) is 0 Å². The first kappa shape index (κ1) is 15.8. The summed E-state index contributed by atoms with van der Waals surface area (Å²) in [5, 5.41) is 15.6. The number of rotatable bonds is 6. The van der Waals surface area contributed by atoms with E-state index in [0.717, 1.165) is 31.6 Å². The average molecular weight is 291 g/mol. The summed E-state index contributed by atoms with van der Waals surface area (Å²) in [6.07, 6.45) is 2.66. The van der Waals surface area contributed by atoms with E-state index in [0.29, 0.717) is 18.4 Å². The molecule has 1 aromatic rings. The van der Waals surface area contributed by atoms with Crippen molar-refractivity contribution in [2.45, 2.75) is 38.3 Å². The third-order valence-corrected chi connectivity index (χ3v) is 4.18. The van der Waals surface area contributed by atoms with Gasteiger partial charge in [0.2, 0.25) is 0 Å². The lowest BCUT2D eigenvalue weighted by molar-refractivity contribution is 0.0545. The number of ether oxygens (including phenoxy) is 1. The van der Waals surface area contributed by atoms with Crippen LogP contribution in [0.3, 0.4) is 0 Å². The van der Waals surface area contributed by atoms with Crippen molar-refractivity contribution in [1.29, 1.82) is 0 Å². The molecule has 1 heterocycles. The molecule has 5 heteroatoms. The SMILES string of the molecule is CC(NC(C/C(N)=N/O)c1ccccc1)C1CCOCC1. The summed E-state index contributed by atoms with van der Waals surface area (Å²) in [4.78, 5) is 0. The van der Waals surface area contributed by atoms with Gasteiger partial charge in [-0.05, 0) is 31.2 Å². The van der Waals surface area contributed by atoms with Gasteiger partial charge in [0.25, 0.3) is 0 Å². The molecule has 0 aliphatic carbocycles. The minimum atomic E-state index is 0.0555. The smallest absolute Gasteiger partial charge is 0.141 e. The summed E-state index contributed by atoms with van der Waals surface area (Å²) in [6.45, 7) is 3.89. The number of hydrogen-bond acceptors (Lipinski definition) is 4. The van der Waals surface area contributed by atoms with Crippen molar-refractivity contribution in [3.05, 3.63) is 35.9 Å². The molecule has 2 rings (SSSR count). The van der Waals surface area contributed by atoms with E-state index in [1.165, 1.54) is 0 Å². The Morgan fingerprint density at radius 3 is 2.67 bits per heavy atom. The van der Waals surface area contributed by atoms with Crippen molar-refractivity contribution in [1.82, 2.24) is 5.32 Å². The molecular formula is C16H25N3O2. The van der Waals surface area contributed by atoms with Crippen molar-refractivity contribution < 1.29 is 9.94 Å². The summed E-state index contributed by atoms with van der Waals surface area (Å²) in [5.74, 6) is 0.854. The quantitative estimate of drug-likeness (QED) is 0.325. The molecule has 0 spiro atoms. The molecule has 4 N–H and O–H groups in total. The predicted molar refractivity (Wildman–Crippen MR) is 83.3 cm³/mol. The highest BCUT2D eigenvalue weighted by Gasteiger charge is 2.24. The summed E-state index contributed by atoms with van der Waals surface area (Å²) >= 11 is 0. The molecule has 0 amide bonds. The van der Waals surface area contributed by atoms with Crippen LogP contribution in [0.4, 0.5) is 0 Å². The fourth-order valence-electron chi connectivity index (χ4n) is 2.88. The van der Waals surface area contributed by atoms with Gasteiger partial charge >= 0.3 is 0 Å². The number of benzene rings is 1. The molecule has 1 aromatic carbocycles. The molecule has 0 radical (unpaired) electrons. The van der Waals surface area contributed by atoms with Gasteiger partial charge in [0.15, 0.2) is 0 Å². The van der Waals surface area contributed by atoms with Gasteiger partial charge in [-0.15, -0.1) is 0 Å². The maximum atomic E-state index is 8.83. The third kappa shape index (κ3) is 4.72. The van der Waals surface area contributed by atoms with Crippen molar-refractivity contribution in [2.24, 2.45) is 16.8 Å². The van der Waals surface area contributed by atoms with E-state index in [1.54, 1.807) is 0 Å². The second kappa shape index (κ2) is 8.00. The minimum Gasteiger partial charge on any atom is -0.409 e. The van der Waals surface area contributed by atoms with Crippen LogP contribution in [0.25, 0.3) is 0 Å². The molecular weight excluding hydrogens is 266 g/mol.